The topological polar surface area (TPSA) is 55.0 Å². The Hall–Kier alpha value is -1.20. The second-order valence-electron chi connectivity index (χ2n) is 6.52. The normalized spacial score (nSPS) is 17.6. The van der Waals surface area contributed by atoms with E-state index < -0.39 is 0 Å². The van der Waals surface area contributed by atoms with Gasteiger partial charge in [0, 0.05) is 17.7 Å². The van der Waals surface area contributed by atoms with Gasteiger partial charge in [-0.1, -0.05) is 13.8 Å². The lowest BCUT2D eigenvalue weighted by molar-refractivity contribution is -0.0379. The number of aromatic nitrogens is 2. The Kier molecular flexibility index (Phi) is 3.21. The maximum absolute atomic E-state index is 12.4. The summed E-state index contributed by atoms with van der Waals surface area (Å²) in [5.41, 5.74) is 0.927. The first-order valence-electron chi connectivity index (χ1n) is 7.03. The van der Waals surface area contributed by atoms with E-state index in [1.54, 1.807) is 11.3 Å². The molecule has 1 aliphatic heterocycles. The van der Waals surface area contributed by atoms with Crippen LogP contribution < -0.4 is 5.56 Å². The van der Waals surface area contributed by atoms with Crippen LogP contribution in [0, 0.1) is 5.92 Å². The number of hydrogen-bond donors (Lipinski definition) is 1. The van der Waals surface area contributed by atoms with E-state index >= 15 is 0 Å². The average Bonchev–Trinajstić information content (AvgIpc) is 2.64. The molecule has 1 aliphatic rings. The summed E-state index contributed by atoms with van der Waals surface area (Å²) in [6, 6.07) is 0. The van der Waals surface area contributed by atoms with Crippen molar-refractivity contribution in [3.05, 3.63) is 26.6 Å². The fraction of sp³-hybridized carbons (Fsp3) is 0.600. The van der Waals surface area contributed by atoms with Crippen molar-refractivity contribution < 1.29 is 4.74 Å². The largest absolute Gasteiger partial charge is 0.370 e. The lowest BCUT2D eigenvalue weighted by Crippen LogP contribution is -2.31. The summed E-state index contributed by atoms with van der Waals surface area (Å²) >= 11 is 1.60. The maximum Gasteiger partial charge on any atom is 0.259 e. The van der Waals surface area contributed by atoms with E-state index in [4.69, 9.17) is 4.74 Å². The molecule has 0 bridgehead atoms. The van der Waals surface area contributed by atoms with Crippen LogP contribution in [0.5, 0.6) is 0 Å². The molecule has 2 aromatic heterocycles. The number of H-pyrrole nitrogens is 1. The molecule has 1 N–H and O–H groups in total. The molecule has 2 aromatic rings. The minimum Gasteiger partial charge on any atom is -0.370 e. The Morgan fingerprint density at radius 3 is 2.90 bits per heavy atom. The predicted molar refractivity (Wildman–Crippen MR) is 81.4 cm³/mol. The number of nitrogens with one attached hydrogen (secondary N) is 1. The Morgan fingerprint density at radius 1 is 1.45 bits per heavy atom. The number of nitrogens with zero attached hydrogens (tertiary/aromatic N) is 1. The van der Waals surface area contributed by atoms with Gasteiger partial charge in [0.2, 0.25) is 0 Å². The number of ether oxygens (including phenoxy) is 1. The summed E-state index contributed by atoms with van der Waals surface area (Å²) in [5.74, 6) is 1.27. The molecule has 0 aliphatic carbocycles. The third kappa shape index (κ3) is 2.40. The van der Waals surface area contributed by atoms with Crippen LogP contribution in [0.2, 0.25) is 0 Å². The van der Waals surface area contributed by atoms with Gasteiger partial charge in [-0.3, -0.25) is 4.79 Å². The van der Waals surface area contributed by atoms with Crippen LogP contribution in [0.4, 0.5) is 0 Å². The molecule has 0 saturated heterocycles. The van der Waals surface area contributed by atoms with Crippen molar-refractivity contribution in [2.45, 2.75) is 52.7 Å². The fourth-order valence-electron chi connectivity index (χ4n) is 2.68. The van der Waals surface area contributed by atoms with Crippen LogP contribution in [-0.4, -0.2) is 15.6 Å². The molecule has 3 heterocycles. The van der Waals surface area contributed by atoms with Gasteiger partial charge in [-0.25, -0.2) is 4.98 Å². The molecular formula is C15H20N2O2S. The summed E-state index contributed by atoms with van der Waals surface area (Å²) in [4.78, 5) is 22.0. The SMILES string of the molecule is CC(C)Cc1nc2sc3c(c2c(=O)[nH]1)CC(C)(C)OC3. The van der Waals surface area contributed by atoms with Gasteiger partial charge in [-0.15, -0.1) is 11.3 Å². The molecule has 0 atom stereocenters. The highest BCUT2D eigenvalue weighted by atomic mass is 32.1. The van der Waals surface area contributed by atoms with Crippen LogP contribution in [-0.2, 0) is 24.2 Å². The smallest absolute Gasteiger partial charge is 0.259 e. The van der Waals surface area contributed by atoms with E-state index in [2.05, 4.69) is 37.7 Å². The number of hydrogen-bond acceptors (Lipinski definition) is 4. The fourth-order valence-corrected chi connectivity index (χ4v) is 3.80. The Balaban J connectivity index is 2.15. The van der Waals surface area contributed by atoms with Crippen LogP contribution in [0.1, 0.15) is 44.0 Å². The van der Waals surface area contributed by atoms with Crippen molar-refractivity contribution in [1.82, 2.24) is 9.97 Å². The van der Waals surface area contributed by atoms with E-state index in [-0.39, 0.29) is 11.2 Å². The number of aromatic amines is 1. The zero-order chi connectivity index (χ0) is 14.5. The monoisotopic (exact) mass is 292 g/mol. The molecule has 20 heavy (non-hydrogen) atoms. The zero-order valence-corrected chi connectivity index (χ0v) is 13.2. The van der Waals surface area contributed by atoms with Gasteiger partial charge in [-0.2, -0.15) is 0 Å². The van der Waals surface area contributed by atoms with Crippen molar-refractivity contribution in [3.63, 3.8) is 0 Å². The highest BCUT2D eigenvalue weighted by Gasteiger charge is 2.30. The van der Waals surface area contributed by atoms with Gasteiger partial charge in [0.15, 0.2) is 0 Å². The van der Waals surface area contributed by atoms with Crippen LogP contribution in [0.15, 0.2) is 4.79 Å². The minimum absolute atomic E-state index is 0.000787. The standard InChI is InChI=1S/C15H20N2O2S/c1-8(2)5-11-16-13(18)12-9-6-15(3,4)19-7-10(9)20-14(12)17-11/h8H,5-7H2,1-4H3,(H,16,17,18). The molecule has 0 saturated carbocycles. The van der Waals surface area contributed by atoms with Crippen molar-refractivity contribution in [3.8, 4) is 0 Å². The van der Waals surface area contributed by atoms with E-state index in [0.29, 0.717) is 12.5 Å². The zero-order valence-electron chi connectivity index (χ0n) is 12.4. The van der Waals surface area contributed by atoms with Crippen molar-refractivity contribution in [1.29, 1.82) is 0 Å². The van der Waals surface area contributed by atoms with E-state index in [0.717, 1.165) is 39.3 Å². The molecule has 5 heteroatoms. The highest BCUT2D eigenvalue weighted by molar-refractivity contribution is 7.18. The van der Waals surface area contributed by atoms with Gasteiger partial charge in [0.1, 0.15) is 10.7 Å². The summed E-state index contributed by atoms with van der Waals surface area (Å²) in [6.07, 6.45) is 1.58. The Labute approximate surface area is 122 Å². The molecule has 108 valence electrons. The number of thiophene rings is 1. The van der Waals surface area contributed by atoms with Crippen LogP contribution in [0.25, 0.3) is 10.2 Å². The molecular weight excluding hydrogens is 272 g/mol. The van der Waals surface area contributed by atoms with Crippen LogP contribution in [0.3, 0.4) is 0 Å². The van der Waals surface area contributed by atoms with Gasteiger partial charge in [-0.05, 0) is 25.3 Å². The van der Waals surface area contributed by atoms with Gasteiger partial charge in [0.05, 0.1) is 17.6 Å². The number of rotatable bonds is 2. The number of fused-ring (bicyclic) bond motifs is 3. The molecule has 0 radical (unpaired) electrons. The van der Waals surface area contributed by atoms with Crippen molar-refractivity contribution in [2.75, 3.05) is 0 Å². The highest BCUT2D eigenvalue weighted by Crippen LogP contribution is 2.36. The lowest BCUT2D eigenvalue weighted by Gasteiger charge is -2.29. The average molecular weight is 292 g/mol. The first-order valence-corrected chi connectivity index (χ1v) is 7.85. The Bertz CT molecular complexity index is 712. The first kappa shape index (κ1) is 13.8. The van der Waals surface area contributed by atoms with Crippen molar-refractivity contribution in [2.24, 2.45) is 5.92 Å². The third-order valence-corrected chi connectivity index (χ3v) is 4.69. The minimum atomic E-state index is -0.204. The second-order valence-corrected chi connectivity index (χ2v) is 7.60. The third-order valence-electron chi connectivity index (χ3n) is 3.59. The van der Waals surface area contributed by atoms with Crippen LogP contribution >= 0.6 is 11.3 Å². The summed E-state index contributed by atoms with van der Waals surface area (Å²) in [7, 11) is 0. The molecule has 4 nitrogen and oxygen atoms in total. The summed E-state index contributed by atoms with van der Waals surface area (Å²) in [5, 5.41) is 0.772. The molecule has 3 rings (SSSR count). The Morgan fingerprint density at radius 2 is 2.20 bits per heavy atom. The van der Waals surface area contributed by atoms with Gasteiger partial charge >= 0.3 is 0 Å². The molecule has 0 aromatic carbocycles. The maximum atomic E-state index is 12.4. The molecule has 0 fully saturated rings. The molecule has 0 unspecified atom stereocenters. The quantitative estimate of drug-likeness (QED) is 0.925. The summed E-state index contributed by atoms with van der Waals surface area (Å²) < 4.78 is 5.83. The van der Waals surface area contributed by atoms with E-state index in [9.17, 15) is 4.79 Å². The second kappa shape index (κ2) is 4.67. The lowest BCUT2D eigenvalue weighted by atomic mass is 9.94. The predicted octanol–water partition coefficient (Wildman–Crippen LogP) is 3.03. The summed E-state index contributed by atoms with van der Waals surface area (Å²) in [6.45, 7) is 8.96. The molecule has 0 amide bonds. The van der Waals surface area contributed by atoms with Gasteiger partial charge in [0.25, 0.3) is 5.56 Å². The van der Waals surface area contributed by atoms with E-state index in [1.807, 2.05) is 0 Å². The van der Waals surface area contributed by atoms with Crippen molar-refractivity contribution >= 4 is 21.6 Å². The van der Waals surface area contributed by atoms with Gasteiger partial charge < -0.3 is 9.72 Å². The first-order chi connectivity index (χ1) is 9.35. The molecule has 0 spiro atoms. The van der Waals surface area contributed by atoms with E-state index in [1.165, 1.54) is 0 Å².